The molecular weight excluding hydrogens is 202 g/mol. The Hall–Kier alpha value is -1.16. The van der Waals surface area contributed by atoms with Crippen LogP contribution in [0, 0.1) is 6.92 Å². The van der Waals surface area contributed by atoms with Gasteiger partial charge in [-0.15, -0.1) is 0 Å². The van der Waals surface area contributed by atoms with E-state index in [1.165, 1.54) is 19.3 Å². The molecular formula is C12H19N3O. The van der Waals surface area contributed by atoms with Crippen LogP contribution < -0.4 is 5.32 Å². The Morgan fingerprint density at radius 3 is 3.06 bits per heavy atom. The SMILES string of the molecule is COC1CCCC(Nc2nccc(C)n2)C1. The van der Waals surface area contributed by atoms with Crippen LogP contribution in [0.3, 0.4) is 0 Å². The van der Waals surface area contributed by atoms with Gasteiger partial charge in [-0.3, -0.25) is 0 Å². The fraction of sp³-hybridized carbons (Fsp3) is 0.667. The summed E-state index contributed by atoms with van der Waals surface area (Å²) >= 11 is 0. The smallest absolute Gasteiger partial charge is 0.223 e. The van der Waals surface area contributed by atoms with Gasteiger partial charge < -0.3 is 10.1 Å². The first-order valence-corrected chi connectivity index (χ1v) is 5.87. The summed E-state index contributed by atoms with van der Waals surface area (Å²) < 4.78 is 5.40. The van der Waals surface area contributed by atoms with Crippen molar-refractivity contribution in [3.63, 3.8) is 0 Å². The molecule has 1 saturated carbocycles. The van der Waals surface area contributed by atoms with Crippen LogP contribution in [0.25, 0.3) is 0 Å². The predicted octanol–water partition coefficient (Wildman–Crippen LogP) is 2.15. The summed E-state index contributed by atoms with van der Waals surface area (Å²) in [6.45, 7) is 1.98. The van der Waals surface area contributed by atoms with Crippen LogP contribution in [-0.2, 0) is 4.74 Å². The highest BCUT2D eigenvalue weighted by atomic mass is 16.5. The minimum absolute atomic E-state index is 0.385. The summed E-state index contributed by atoms with van der Waals surface area (Å²) in [5.74, 6) is 0.738. The Kier molecular flexibility index (Phi) is 3.72. The molecule has 0 amide bonds. The Morgan fingerprint density at radius 2 is 2.31 bits per heavy atom. The molecule has 1 N–H and O–H groups in total. The van der Waals surface area contributed by atoms with Gasteiger partial charge >= 0.3 is 0 Å². The third kappa shape index (κ3) is 2.92. The van der Waals surface area contributed by atoms with Crippen LogP contribution in [-0.4, -0.2) is 29.2 Å². The van der Waals surface area contributed by atoms with Gasteiger partial charge in [0.2, 0.25) is 5.95 Å². The average molecular weight is 221 g/mol. The van der Waals surface area contributed by atoms with Gasteiger partial charge in [0.1, 0.15) is 0 Å². The molecule has 1 heterocycles. The number of nitrogens with zero attached hydrogens (tertiary/aromatic N) is 2. The molecule has 0 radical (unpaired) electrons. The molecule has 2 rings (SSSR count). The predicted molar refractivity (Wildman–Crippen MR) is 63.4 cm³/mol. The average Bonchev–Trinajstić information content (AvgIpc) is 2.29. The first-order chi connectivity index (χ1) is 7.78. The van der Waals surface area contributed by atoms with Crippen LogP contribution in [0.15, 0.2) is 12.3 Å². The number of hydrogen-bond donors (Lipinski definition) is 1. The maximum atomic E-state index is 5.40. The van der Waals surface area contributed by atoms with Gasteiger partial charge in [-0.25, -0.2) is 9.97 Å². The summed E-state index contributed by atoms with van der Waals surface area (Å²) in [5, 5.41) is 3.38. The molecule has 4 heteroatoms. The van der Waals surface area contributed by atoms with Gasteiger partial charge in [0.25, 0.3) is 0 Å². The number of methoxy groups -OCH3 is 1. The zero-order chi connectivity index (χ0) is 11.4. The number of aromatic nitrogens is 2. The Bertz CT molecular complexity index is 343. The molecule has 1 fully saturated rings. The van der Waals surface area contributed by atoms with Crippen LogP contribution in [0.1, 0.15) is 31.4 Å². The highest BCUT2D eigenvalue weighted by Gasteiger charge is 2.21. The molecule has 0 aromatic carbocycles. The van der Waals surface area contributed by atoms with Gasteiger partial charge in [0, 0.05) is 25.0 Å². The molecule has 2 atom stereocenters. The second kappa shape index (κ2) is 5.25. The molecule has 1 aromatic rings. The Morgan fingerprint density at radius 1 is 1.44 bits per heavy atom. The summed E-state index contributed by atoms with van der Waals surface area (Å²) in [7, 11) is 1.79. The van der Waals surface area contributed by atoms with E-state index in [0.29, 0.717) is 12.1 Å². The second-order valence-electron chi connectivity index (χ2n) is 4.39. The maximum Gasteiger partial charge on any atom is 0.223 e. The van der Waals surface area contributed by atoms with Crippen molar-refractivity contribution in [1.29, 1.82) is 0 Å². The number of ether oxygens (including phenoxy) is 1. The van der Waals surface area contributed by atoms with E-state index in [0.717, 1.165) is 18.1 Å². The number of aryl methyl sites for hydroxylation is 1. The second-order valence-corrected chi connectivity index (χ2v) is 4.39. The topological polar surface area (TPSA) is 47.0 Å². The first kappa shape index (κ1) is 11.3. The lowest BCUT2D eigenvalue weighted by atomic mass is 9.93. The van der Waals surface area contributed by atoms with E-state index in [9.17, 15) is 0 Å². The highest BCUT2D eigenvalue weighted by molar-refractivity contribution is 5.26. The maximum absolute atomic E-state index is 5.40. The number of nitrogens with one attached hydrogen (secondary N) is 1. The van der Waals surface area contributed by atoms with Gasteiger partial charge in [-0.2, -0.15) is 0 Å². The van der Waals surface area contributed by atoms with E-state index in [1.807, 2.05) is 13.0 Å². The van der Waals surface area contributed by atoms with E-state index in [1.54, 1.807) is 13.3 Å². The van der Waals surface area contributed by atoms with E-state index in [2.05, 4.69) is 15.3 Å². The fourth-order valence-electron chi connectivity index (χ4n) is 2.19. The summed E-state index contributed by atoms with van der Waals surface area (Å²) in [6, 6.07) is 2.35. The van der Waals surface area contributed by atoms with Crippen LogP contribution in [0.4, 0.5) is 5.95 Å². The first-order valence-electron chi connectivity index (χ1n) is 5.87. The molecule has 0 aliphatic heterocycles. The van der Waals surface area contributed by atoms with Crippen molar-refractivity contribution in [1.82, 2.24) is 9.97 Å². The van der Waals surface area contributed by atoms with Crippen molar-refractivity contribution in [3.05, 3.63) is 18.0 Å². The van der Waals surface area contributed by atoms with Crippen LogP contribution >= 0.6 is 0 Å². The Balaban J connectivity index is 1.94. The number of hydrogen-bond acceptors (Lipinski definition) is 4. The normalized spacial score (nSPS) is 25.4. The van der Waals surface area contributed by atoms with Crippen molar-refractivity contribution in [2.75, 3.05) is 12.4 Å². The quantitative estimate of drug-likeness (QED) is 0.849. The molecule has 1 aliphatic rings. The van der Waals surface area contributed by atoms with Gasteiger partial charge in [0.05, 0.1) is 6.10 Å². The zero-order valence-electron chi connectivity index (χ0n) is 9.94. The molecule has 0 bridgehead atoms. The van der Waals surface area contributed by atoms with Gasteiger partial charge in [0.15, 0.2) is 0 Å². The number of anilines is 1. The minimum Gasteiger partial charge on any atom is -0.381 e. The van der Waals surface area contributed by atoms with Crippen LogP contribution in [0.2, 0.25) is 0 Å². The molecule has 0 spiro atoms. The Labute approximate surface area is 96.4 Å². The monoisotopic (exact) mass is 221 g/mol. The highest BCUT2D eigenvalue weighted by Crippen LogP contribution is 2.22. The molecule has 2 unspecified atom stereocenters. The van der Waals surface area contributed by atoms with E-state index < -0.39 is 0 Å². The van der Waals surface area contributed by atoms with Gasteiger partial charge in [-0.05, 0) is 38.7 Å². The largest absolute Gasteiger partial charge is 0.381 e. The van der Waals surface area contributed by atoms with Crippen molar-refractivity contribution >= 4 is 5.95 Å². The number of rotatable bonds is 3. The lowest BCUT2D eigenvalue weighted by Gasteiger charge is -2.28. The summed E-state index contributed by atoms with van der Waals surface area (Å²) in [4.78, 5) is 8.58. The van der Waals surface area contributed by atoms with Crippen molar-refractivity contribution in [2.24, 2.45) is 0 Å². The lowest BCUT2D eigenvalue weighted by Crippen LogP contribution is -2.31. The summed E-state index contributed by atoms with van der Waals surface area (Å²) in [6.07, 6.45) is 6.79. The standard InChI is InChI=1S/C12H19N3O/c1-9-6-7-13-12(14-9)15-10-4-3-5-11(8-10)16-2/h6-7,10-11H,3-5,8H2,1-2H3,(H,13,14,15). The van der Waals surface area contributed by atoms with E-state index in [4.69, 9.17) is 4.74 Å². The van der Waals surface area contributed by atoms with E-state index in [-0.39, 0.29) is 0 Å². The molecule has 1 aliphatic carbocycles. The molecule has 88 valence electrons. The lowest BCUT2D eigenvalue weighted by molar-refractivity contribution is 0.0668. The molecule has 0 saturated heterocycles. The van der Waals surface area contributed by atoms with Gasteiger partial charge in [-0.1, -0.05) is 0 Å². The third-order valence-electron chi connectivity index (χ3n) is 3.09. The van der Waals surface area contributed by atoms with E-state index >= 15 is 0 Å². The minimum atomic E-state index is 0.385. The van der Waals surface area contributed by atoms with Crippen molar-refractivity contribution in [2.45, 2.75) is 44.8 Å². The molecule has 4 nitrogen and oxygen atoms in total. The van der Waals surface area contributed by atoms with Crippen molar-refractivity contribution in [3.8, 4) is 0 Å². The zero-order valence-corrected chi connectivity index (χ0v) is 9.94. The molecule has 1 aromatic heterocycles. The van der Waals surface area contributed by atoms with Crippen molar-refractivity contribution < 1.29 is 4.74 Å². The third-order valence-corrected chi connectivity index (χ3v) is 3.09. The van der Waals surface area contributed by atoms with Crippen LogP contribution in [0.5, 0.6) is 0 Å². The molecule has 16 heavy (non-hydrogen) atoms. The summed E-state index contributed by atoms with van der Waals surface area (Å²) in [5.41, 5.74) is 0.997. The fourth-order valence-corrected chi connectivity index (χ4v) is 2.19.